The van der Waals surface area contributed by atoms with E-state index in [-0.39, 0.29) is 11.1 Å². The van der Waals surface area contributed by atoms with Crippen LogP contribution in [0.1, 0.15) is 41.4 Å². The largest absolute Gasteiger partial charge is 0.465 e. The van der Waals surface area contributed by atoms with Gasteiger partial charge in [0.1, 0.15) is 0 Å². The summed E-state index contributed by atoms with van der Waals surface area (Å²) in [6.07, 6.45) is 0. The molecule has 0 spiro atoms. The SMILES string of the molecule is COC(=O)c1cc2c(C(=O)OC)cc3c(c2c2ccccc12)c1c2c(cc(C(=O)OC)c4ccccc42)c(C(=O)OC)cc1n3-c1ccccc1. The molecule has 1 aromatic heterocycles. The summed E-state index contributed by atoms with van der Waals surface area (Å²) in [7, 11) is 5.26. The molecule has 0 saturated heterocycles. The Bertz CT molecular complexity index is 2640. The van der Waals surface area contributed by atoms with Crippen molar-refractivity contribution in [1.82, 2.24) is 4.57 Å². The van der Waals surface area contributed by atoms with Crippen molar-refractivity contribution in [1.29, 1.82) is 0 Å². The molecule has 0 amide bonds. The first-order chi connectivity index (χ1) is 24.8. The molecule has 0 radical (unpaired) electrons. The van der Waals surface area contributed by atoms with Crippen molar-refractivity contribution in [3.8, 4) is 5.69 Å². The number of hydrogen-bond donors (Lipinski definition) is 0. The Morgan fingerprint density at radius 1 is 0.392 bits per heavy atom. The molecule has 9 nitrogen and oxygen atoms in total. The molecule has 0 N–H and O–H groups in total. The zero-order valence-electron chi connectivity index (χ0n) is 28.0. The lowest BCUT2D eigenvalue weighted by molar-refractivity contribution is 0.0592. The minimum atomic E-state index is -0.592. The lowest BCUT2D eigenvalue weighted by Gasteiger charge is -2.15. The van der Waals surface area contributed by atoms with Gasteiger partial charge in [-0.2, -0.15) is 0 Å². The number of ether oxygens (including phenoxy) is 4. The highest BCUT2D eigenvalue weighted by Crippen LogP contribution is 2.47. The molecular weight excluding hydrogens is 646 g/mol. The number of carbonyl (C=O) groups is 4. The maximum absolute atomic E-state index is 13.7. The number of rotatable bonds is 5. The van der Waals surface area contributed by atoms with Crippen molar-refractivity contribution in [2.75, 3.05) is 28.4 Å². The molecule has 0 fully saturated rings. The van der Waals surface area contributed by atoms with Crippen molar-refractivity contribution in [3.63, 3.8) is 0 Å². The van der Waals surface area contributed by atoms with Gasteiger partial charge in [0.05, 0.1) is 61.7 Å². The van der Waals surface area contributed by atoms with Crippen molar-refractivity contribution in [2.24, 2.45) is 0 Å². The van der Waals surface area contributed by atoms with Crippen LogP contribution in [0.3, 0.4) is 0 Å². The van der Waals surface area contributed by atoms with E-state index in [1.165, 1.54) is 28.4 Å². The van der Waals surface area contributed by atoms with Gasteiger partial charge in [0.15, 0.2) is 0 Å². The number of aromatic nitrogens is 1. The molecule has 0 atom stereocenters. The molecule has 0 aliphatic rings. The van der Waals surface area contributed by atoms with Gasteiger partial charge in [-0.1, -0.05) is 66.7 Å². The predicted molar refractivity (Wildman–Crippen MR) is 196 cm³/mol. The van der Waals surface area contributed by atoms with Gasteiger partial charge in [-0.25, -0.2) is 19.2 Å². The molecule has 8 aromatic rings. The van der Waals surface area contributed by atoms with Gasteiger partial charge in [0, 0.05) is 27.2 Å². The van der Waals surface area contributed by atoms with E-state index >= 15 is 0 Å². The average molecular weight is 676 g/mol. The fraction of sp³-hybridized carbons (Fsp3) is 0.0952. The minimum Gasteiger partial charge on any atom is -0.465 e. The Morgan fingerprint density at radius 3 is 1.10 bits per heavy atom. The molecule has 0 bridgehead atoms. The normalized spacial score (nSPS) is 11.5. The summed E-state index contributed by atoms with van der Waals surface area (Å²) in [5, 5.41) is 6.58. The molecule has 0 unspecified atom stereocenters. The molecular formula is C42H29NO8. The van der Waals surface area contributed by atoms with E-state index in [2.05, 4.69) is 0 Å². The lowest BCUT2D eigenvalue weighted by atomic mass is 9.88. The van der Waals surface area contributed by atoms with Crippen LogP contribution in [0, 0.1) is 0 Å². The Morgan fingerprint density at radius 2 is 0.725 bits per heavy atom. The van der Waals surface area contributed by atoms with Gasteiger partial charge >= 0.3 is 23.9 Å². The highest BCUT2D eigenvalue weighted by Gasteiger charge is 2.28. The quantitative estimate of drug-likeness (QED) is 0.101. The van der Waals surface area contributed by atoms with E-state index in [1.807, 2.05) is 83.4 Å². The summed E-state index contributed by atoms with van der Waals surface area (Å²) in [4.78, 5) is 53.8. The van der Waals surface area contributed by atoms with Crippen molar-refractivity contribution < 1.29 is 38.1 Å². The fourth-order valence-electron chi connectivity index (χ4n) is 7.50. The Hall–Kier alpha value is -6.74. The number of methoxy groups -OCH3 is 4. The third-order valence-electron chi connectivity index (χ3n) is 9.61. The van der Waals surface area contributed by atoms with Gasteiger partial charge in [-0.15, -0.1) is 0 Å². The number of esters is 4. The second-order valence-corrected chi connectivity index (χ2v) is 12.1. The number of nitrogens with zero attached hydrogens (tertiary/aromatic N) is 1. The first kappa shape index (κ1) is 31.5. The molecule has 0 saturated carbocycles. The highest BCUT2D eigenvalue weighted by molar-refractivity contribution is 6.40. The summed E-state index contributed by atoms with van der Waals surface area (Å²) in [6, 6.07) is 31.5. The number of carbonyl (C=O) groups excluding carboxylic acids is 4. The van der Waals surface area contributed by atoms with Gasteiger partial charge in [0.25, 0.3) is 0 Å². The summed E-state index contributed by atoms with van der Waals surface area (Å²) in [5.74, 6) is -2.28. The average Bonchev–Trinajstić information content (AvgIpc) is 3.51. The second kappa shape index (κ2) is 12.0. The summed E-state index contributed by atoms with van der Waals surface area (Å²) >= 11 is 0. The molecule has 0 aliphatic heterocycles. The van der Waals surface area contributed by atoms with Crippen LogP contribution in [0.15, 0.2) is 103 Å². The topological polar surface area (TPSA) is 110 Å². The van der Waals surface area contributed by atoms with Crippen LogP contribution < -0.4 is 0 Å². The van der Waals surface area contributed by atoms with E-state index in [0.717, 1.165) is 16.5 Å². The third-order valence-corrected chi connectivity index (χ3v) is 9.61. The summed E-state index contributed by atoms with van der Waals surface area (Å²) in [5.41, 5.74) is 3.16. The molecule has 7 aromatic carbocycles. The zero-order valence-corrected chi connectivity index (χ0v) is 28.0. The van der Waals surface area contributed by atoms with Crippen molar-refractivity contribution >= 4 is 88.8 Å². The van der Waals surface area contributed by atoms with Crippen LogP contribution >= 0.6 is 0 Å². The molecule has 250 valence electrons. The van der Waals surface area contributed by atoms with Crippen LogP contribution in [0.25, 0.3) is 70.6 Å². The van der Waals surface area contributed by atoms with Gasteiger partial charge in [-0.05, 0) is 68.7 Å². The smallest absolute Gasteiger partial charge is 0.338 e. The Kier molecular flexibility index (Phi) is 7.41. The molecule has 9 heteroatoms. The van der Waals surface area contributed by atoms with Crippen LogP contribution in [-0.4, -0.2) is 56.9 Å². The minimum absolute atomic E-state index is 0.242. The molecule has 0 aliphatic carbocycles. The van der Waals surface area contributed by atoms with E-state index in [1.54, 1.807) is 24.3 Å². The van der Waals surface area contributed by atoms with Gasteiger partial charge in [0.2, 0.25) is 0 Å². The molecule has 8 rings (SSSR count). The van der Waals surface area contributed by atoms with Crippen LogP contribution in [-0.2, 0) is 18.9 Å². The standard InChI is InChI=1S/C42H29NO8/c1-48-39(44)29-18-27-31(41(46)50-3)20-33-37(35(27)25-16-10-8-14-23(25)29)38-34(43(33)22-12-6-5-7-13-22)21-32(42(47)51-4)28-19-30(40(45)49-2)24-15-9-11-17-26(24)36(28)38/h5-21H,1-4H3. The first-order valence-electron chi connectivity index (χ1n) is 16.1. The number of para-hydroxylation sites is 1. The Balaban J connectivity index is 1.78. The van der Waals surface area contributed by atoms with Crippen LogP contribution in [0.2, 0.25) is 0 Å². The summed E-state index contributed by atoms with van der Waals surface area (Å²) in [6.45, 7) is 0. The third kappa shape index (κ3) is 4.55. The molecule has 51 heavy (non-hydrogen) atoms. The zero-order chi connectivity index (χ0) is 35.6. The number of benzene rings is 7. The van der Waals surface area contributed by atoms with E-state index < -0.39 is 23.9 Å². The molecule has 1 heterocycles. The predicted octanol–water partition coefficient (Wildman–Crippen LogP) is 8.54. The van der Waals surface area contributed by atoms with Gasteiger partial charge < -0.3 is 23.5 Å². The summed E-state index contributed by atoms with van der Waals surface area (Å²) < 4.78 is 23.0. The van der Waals surface area contributed by atoms with Crippen molar-refractivity contribution in [3.05, 3.63) is 125 Å². The number of hydrogen-bond acceptors (Lipinski definition) is 8. The van der Waals surface area contributed by atoms with Crippen LogP contribution in [0.4, 0.5) is 0 Å². The van der Waals surface area contributed by atoms with E-state index in [0.29, 0.717) is 65.3 Å². The van der Waals surface area contributed by atoms with Crippen LogP contribution in [0.5, 0.6) is 0 Å². The maximum Gasteiger partial charge on any atom is 0.338 e. The second-order valence-electron chi connectivity index (χ2n) is 12.1. The van der Waals surface area contributed by atoms with Crippen molar-refractivity contribution in [2.45, 2.75) is 0 Å². The number of fused-ring (bicyclic) bond motifs is 11. The maximum atomic E-state index is 13.7. The van der Waals surface area contributed by atoms with Gasteiger partial charge in [-0.3, -0.25) is 0 Å². The first-order valence-corrected chi connectivity index (χ1v) is 16.1. The highest BCUT2D eigenvalue weighted by atomic mass is 16.5. The Labute approximate surface area is 290 Å². The lowest BCUT2D eigenvalue weighted by Crippen LogP contribution is -2.07. The monoisotopic (exact) mass is 675 g/mol. The fourth-order valence-corrected chi connectivity index (χ4v) is 7.50. The van der Waals surface area contributed by atoms with E-state index in [4.69, 9.17) is 18.9 Å². The van der Waals surface area contributed by atoms with E-state index in [9.17, 15) is 19.2 Å².